The van der Waals surface area contributed by atoms with E-state index in [-0.39, 0.29) is 75.7 Å². The van der Waals surface area contributed by atoms with Crippen molar-refractivity contribution in [3.05, 3.63) is 105 Å². The van der Waals surface area contributed by atoms with Gasteiger partial charge in [0.1, 0.15) is 0 Å². The maximum Gasteiger partial charge on any atom is 1.00 e. The first-order valence-electron chi connectivity index (χ1n) is 53.5. The molecule has 0 aliphatic carbocycles. The fraction of sp³-hybridized carbons (Fsp3) is 0.667. The van der Waals surface area contributed by atoms with Crippen molar-refractivity contribution in [2.24, 2.45) is 9.98 Å². The molecule has 9 rings (SSSR count). The van der Waals surface area contributed by atoms with Gasteiger partial charge in [0.05, 0.1) is 52.7 Å². The second-order valence-corrected chi connectivity index (χ2v) is 37.9. The monoisotopic (exact) mass is 1800 g/mol. The molecule has 132 heavy (non-hydrogen) atoms. The van der Waals surface area contributed by atoms with Crippen molar-refractivity contribution in [3.8, 4) is 46.3 Å². The summed E-state index contributed by atoms with van der Waals surface area (Å²) in [5.41, 5.74) is -0.219. The van der Waals surface area contributed by atoms with Gasteiger partial charge in [0.15, 0.2) is 23.0 Å². The Balaban J connectivity index is 0.0000119. The van der Waals surface area contributed by atoms with Crippen LogP contribution in [0.4, 0.5) is 0 Å². The molecule has 0 aliphatic rings. The third-order valence-electron chi connectivity index (χ3n) is 27.0. The smallest absolute Gasteiger partial charge is 0.858 e. The van der Waals surface area contributed by atoms with Gasteiger partial charge in [-0.25, -0.2) is 0 Å². The number of aromatic hydroxyl groups is 2. The van der Waals surface area contributed by atoms with Crippen LogP contribution in [-0.2, 0) is 13.1 Å². The Bertz CT molecular complexity index is 4390. The number of pyridine rings is 2. The van der Waals surface area contributed by atoms with Gasteiger partial charge in [-0.05, 0) is 142 Å². The van der Waals surface area contributed by atoms with Crippen molar-refractivity contribution < 1.29 is 86.6 Å². The molecule has 0 unspecified atom stereocenters. The summed E-state index contributed by atoms with van der Waals surface area (Å²) >= 11 is 0. The van der Waals surface area contributed by atoms with E-state index in [1.807, 2.05) is 36.4 Å². The molecule has 0 saturated heterocycles. The molecule has 2 aromatic heterocycles. The van der Waals surface area contributed by atoms with Crippen LogP contribution < -0.4 is 87.5 Å². The quantitative estimate of drug-likeness (QED) is 0.00911. The summed E-state index contributed by atoms with van der Waals surface area (Å²) in [6, 6.07) is 22.0. The summed E-state index contributed by atoms with van der Waals surface area (Å²) in [6.07, 6.45) is 72.4. The minimum Gasteiger partial charge on any atom is -0.858 e. The van der Waals surface area contributed by atoms with Crippen molar-refractivity contribution in [3.63, 3.8) is 0 Å². The minimum atomic E-state index is -0.487. The second kappa shape index (κ2) is 67.3. The molecular formula is C114H172Li2N4O12. The van der Waals surface area contributed by atoms with Crippen molar-refractivity contribution in [1.29, 1.82) is 0 Å². The Kier molecular flexibility index (Phi) is 57.1. The van der Waals surface area contributed by atoms with Gasteiger partial charge >= 0.3 is 37.7 Å². The fourth-order valence-electron chi connectivity index (χ4n) is 19.2. The second-order valence-electron chi connectivity index (χ2n) is 37.9. The van der Waals surface area contributed by atoms with E-state index >= 15 is 0 Å². The van der Waals surface area contributed by atoms with Crippen LogP contribution in [-0.4, -0.2) is 83.9 Å². The zero-order valence-electron chi connectivity index (χ0n) is 84.2. The van der Waals surface area contributed by atoms with Crippen LogP contribution in [0.2, 0.25) is 0 Å². The van der Waals surface area contributed by atoms with E-state index in [0.717, 1.165) is 135 Å². The van der Waals surface area contributed by atoms with Crippen molar-refractivity contribution in [1.82, 2.24) is 9.13 Å². The number of ether oxygens (including phenoxy) is 6. The van der Waals surface area contributed by atoms with Crippen LogP contribution in [0.1, 0.15) is 438 Å². The van der Waals surface area contributed by atoms with Gasteiger partial charge in [-0.1, -0.05) is 413 Å². The van der Waals surface area contributed by atoms with Gasteiger partial charge in [0, 0.05) is 45.4 Å². The molecule has 0 fully saturated rings. The number of hydrogen-bond donors (Lipinski definition) is 2. The number of hydrogen-bond acceptors (Lipinski definition) is 14. The zero-order valence-corrected chi connectivity index (χ0v) is 84.2. The van der Waals surface area contributed by atoms with E-state index in [0.29, 0.717) is 118 Å². The molecule has 0 spiro atoms. The molecule has 16 nitrogen and oxygen atoms in total. The average Bonchev–Trinajstić information content (AvgIpc) is 0.689. The standard InChI is InChI=1S/C114H174N4O12.2Li/c1-7-13-19-25-31-37-43-49-55-61-79-125-99-85-89(86-100(126-80-62-56-50-44-38-32-26-20-14-8-2)107(99)129-83-65-59-53-47-41-35-29-23-17-11-5)109(119)115-75-77-117-111(121)95-71-67-91-93-69-73-97-106-98(74-70-94(104(93)106)92-68-72-96(112(117)122)105(95)103(91)92)114(124)118(113(97)123)78-76-116-110(120)90-87-101(127-81-63-57-51-45-39-33-27-21-15-9-3)108(130-84-66-60-54-48-42-36-30-24-18-12-6)102(88-90)128-82-64-58-52-46-40-34-28-22-16-10-4;;/h67-74,85-88,121,124H,7-66,75-84H2,1-6H3,(H,115,119)(H,116,120);;/q;2*+1/p-2. The average molecular weight is 1800 g/mol. The molecule has 18 heteroatoms. The number of nitrogens with zero attached hydrogens (tertiary/aromatic N) is 4. The van der Waals surface area contributed by atoms with E-state index in [4.69, 9.17) is 28.4 Å². The Morgan fingerprint density at radius 1 is 0.258 bits per heavy atom. The number of unbranched alkanes of at least 4 members (excludes halogenated alkanes) is 54. The topological polar surface area (TPSA) is 211 Å². The molecule has 9 aromatic rings. The van der Waals surface area contributed by atoms with E-state index < -0.39 is 22.9 Å². The third-order valence-corrected chi connectivity index (χ3v) is 27.0. The molecule has 0 radical (unpaired) electrons. The predicted molar refractivity (Wildman–Crippen MR) is 545 cm³/mol. The molecule has 722 valence electrons. The first kappa shape index (κ1) is 112. The van der Waals surface area contributed by atoms with Gasteiger partial charge in [-0.3, -0.25) is 28.7 Å². The Morgan fingerprint density at radius 3 is 0.644 bits per heavy atom. The SMILES string of the molecule is CCCCCCCCCCCCOc1cc(C([O-])=NCCn2c(O)c3ccc4c5ccc6c(=O)n(CCN=C([O-])c7cc(OCCCCCCCCCCCC)c(OCCCCCCCCCCCC)c(OCCCCCCCCCCCC)c7)c(O)c7ccc(c8ccc(c2=O)c3c48)c5c76)cc(OCCCCCCCCCCCC)c1OCCCCCCCCCCCC.[Li+].[Li+]. The van der Waals surface area contributed by atoms with E-state index in [9.17, 15) is 30.0 Å². The van der Waals surface area contributed by atoms with Gasteiger partial charge in [0.2, 0.25) is 23.3 Å². The molecule has 0 bridgehead atoms. The van der Waals surface area contributed by atoms with Crippen LogP contribution >= 0.6 is 0 Å². The molecule has 0 aliphatic heterocycles. The van der Waals surface area contributed by atoms with E-state index in [2.05, 4.69) is 51.5 Å². The Morgan fingerprint density at radius 2 is 0.432 bits per heavy atom. The molecular weight excluding hydrogens is 1630 g/mol. The zero-order chi connectivity index (χ0) is 91.8. The van der Waals surface area contributed by atoms with E-state index in [1.165, 1.54) is 292 Å². The number of rotatable bonds is 80. The van der Waals surface area contributed by atoms with Crippen molar-refractivity contribution >= 4 is 76.4 Å². The maximum atomic E-state index is 15.0. The van der Waals surface area contributed by atoms with Gasteiger partial charge < -0.3 is 48.8 Å². The first-order chi connectivity index (χ1) is 64.0. The predicted octanol–water partition coefficient (Wildman–Crippen LogP) is 24.6. The van der Waals surface area contributed by atoms with Crippen LogP contribution in [0.15, 0.2) is 92.4 Å². The number of aromatic nitrogens is 2. The summed E-state index contributed by atoms with van der Waals surface area (Å²) in [5.74, 6) is 1.54. The molecule has 0 amide bonds. The molecule has 0 saturated carbocycles. The molecule has 0 atom stereocenters. The van der Waals surface area contributed by atoms with Crippen LogP contribution in [0.5, 0.6) is 46.3 Å². The number of fused-ring (bicyclic) bond motifs is 2. The van der Waals surface area contributed by atoms with E-state index in [1.54, 1.807) is 36.4 Å². The summed E-state index contributed by atoms with van der Waals surface area (Å²) in [5, 5.41) is 61.7. The summed E-state index contributed by atoms with van der Waals surface area (Å²) < 4.78 is 42.6. The van der Waals surface area contributed by atoms with Gasteiger partial charge in [-0.2, -0.15) is 0 Å². The van der Waals surface area contributed by atoms with Gasteiger partial charge in [0.25, 0.3) is 11.1 Å². The summed E-state index contributed by atoms with van der Waals surface area (Å²) in [6.45, 7) is 16.2. The van der Waals surface area contributed by atoms with Crippen molar-refractivity contribution in [2.75, 3.05) is 52.7 Å². The molecule has 2 N–H and O–H groups in total. The molecule has 2 heterocycles. The Labute approximate surface area is 819 Å². The summed E-state index contributed by atoms with van der Waals surface area (Å²) in [7, 11) is 0. The number of aliphatic imine (C=N–C) groups is 2. The maximum absolute atomic E-state index is 15.0. The van der Waals surface area contributed by atoms with Crippen LogP contribution in [0, 0.1) is 0 Å². The first-order valence-corrected chi connectivity index (χ1v) is 53.5. The van der Waals surface area contributed by atoms with Crippen molar-refractivity contribution in [2.45, 2.75) is 440 Å². The van der Waals surface area contributed by atoms with Gasteiger partial charge in [-0.15, -0.1) is 0 Å². The fourth-order valence-corrected chi connectivity index (χ4v) is 19.2. The van der Waals surface area contributed by atoms with Crippen LogP contribution in [0.3, 0.4) is 0 Å². The third kappa shape index (κ3) is 36.8. The molecule has 7 aromatic carbocycles. The minimum absolute atomic E-state index is 0. The number of benzene rings is 7. The summed E-state index contributed by atoms with van der Waals surface area (Å²) in [4.78, 5) is 39.1. The normalized spacial score (nSPS) is 12.0. The largest absolute Gasteiger partial charge is 1.00 e. The Hall–Kier alpha value is -6.95. The van der Waals surface area contributed by atoms with Crippen LogP contribution in [0.25, 0.3) is 64.6 Å².